The Morgan fingerprint density at radius 1 is 1.32 bits per heavy atom. The van der Waals surface area contributed by atoms with Gasteiger partial charge in [0.2, 0.25) is 5.91 Å². The second-order valence-corrected chi connectivity index (χ2v) is 7.69. The predicted octanol–water partition coefficient (Wildman–Crippen LogP) is 3.79. The fourth-order valence-corrected chi connectivity index (χ4v) is 2.99. The van der Waals surface area contributed by atoms with E-state index in [2.05, 4.69) is 9.98 Å². The van der Waals surface area contributed by atoms with Crippen LogP contribution < -0.4 is 10.6 Å². The maximum absolute atomic E-state index is 12.7. The van der Waals surface area contributed by atoms with Crippen molar-refractivity contribution in [1.82, 2.24) is 4.98 Å². The number of aromatic nitrogens is 1. The fourth-order valence-electron chi connectivity index (χ4n) is 2.99. The summed E-state index contributed by atoms with van der Waals surface area (Å²) in [4.78, 5) is 23.3. The average molecular weight is 342 g/mol. The molecular weight excluding hydrogens is 312 g/mol. The summed E-state index contributed by atoms with van der Waals surface area (Å²) in [6.07, 6.45) is 10.5. The van der Waals surface area contributed by atoms with Crippen molar-refractivity contribution in [2.75, 3.05) is 11.9 Å². The Bertz CT molecular complexity index is 652. The molecule has 2 N–H and O–H groups in total. The molecule has 25 heavy (non-hydrogen) atoms. The number of amides is 1. The van der Waals surface area contributed by atoms with Gasteiger partial charge in [0.25, 0.3) is 0 Å². The van der Waals surface area contributed by atoms with E-state index in [0.717, 1.165) is 36.8 Å². The van der Waals surface area contributed by atoms with Gasteiger partial charge < -0.3 is 5.73 Å². The molecule has 5 heteroatoms. The number of aliphatic imine (C=N–C) groups is 1. The van der Waals surface area contributed by atoms with Crippen molar-refractivity contribution in [2.45, 2.75) is 58.4 Å². The van der Waals surface area contributed by atoms with Gasteiger partial charge in [-0.1, -0.05) is 19.3 Å². The Morgan fingerprint density at radius 3 is 2.60 bits per heavy atom. The molecule has 0 aromatic carbocycles. The molecule has 0 unspecified atom stereocenters. The molecule has 1 amide bonds. The molecule has 136 valence electrons. The molecule has 0 aliphatic heterocycles. The van der Waals surface area contributed by atoms with Crippen LogP contribution in [-0.4, -0.2) is 29.7 Å². The van der Waals surface area contributed by atoms with E-state index in [1.54, 1.807) is 24.4 Å². The van der Waals surface area contributed by atoms with Crippen LogP contribution in [0.4, 0.5) is 5.82 Å². The van der Waals surface area contributed by atoms with Gasteiger partial charge in [-0.2, -0.15) is 0 Å². The summed E-state index contributed by atoms with van der Waals surface area (Å²) in [5, 5.41) is 0. The van der Waals surface area contributed by atoms with Crippen molar-refractivity contribution < 1.29 is 4.79 Å². The molecule has 0 spiro atoms. The highest BCUT2D eigenvalue weighted by molar-refractivity contribution is 6.10. The summed E-state index contributed by atoms with van der Waals surface area (Å²) in [5.41, 5.74) is 7.34. The van der Waals surface area contributed by atoms with E-state index in [4.69, 9.17) is 5.73 Å². The molecule has 1 aromatic rings. The van der Waals surface area contributed by atoms with Gasteiger partial charge in [-0.15, -0.1) is 0 Å². The summed E-state index contributed by atoms with van der Waals surface area (Å²) in [6.45, 7) is 6.10. The molecule has 1 aliphatic rings. The molecule has 0 bridgehead atoms. The zero-order chi connectivity index (χ0) is 18.4. The standard InChI is InChI=1S/C20H30N4O/c1-20(2,3)23-14-17(13-21)16-10-11-22-18(12-16)24(4)19(25)15-8-6-5-7-9-15/h10-15H,5-9,21H2,1-4H3/b17-13+,23-14?. The molecule has 2 rings (SSSR count). The van der Waals surface area contributed by atoms with Crippen molar-refractivity contribution >= 4 is 23.5 Å². The Balaban J connectivity index is 2.19. The molecule has 1 fully saturated rings. The number of nitrogens with zero attached hydrogens (tertiary/aromatic N) is 3. The zero-order valence-electron chi connectivity index (χ0n) is 15.8. The predicted molar refractivity (Wildman–Crippen MR) is 105 cm³/mol. The molecule has 5 nitrogen and oxygen atoms in total. The van der Waals surface area contributed by atoms with Crippen LogP contribution in [0.3, 0.4) is 0 Å². The second-order valence-electron chi connectivity index (χ2n) is 7.69. The largest absolute Gasteiger partial charge is 0.404 e. The number of carbonyl (C=O) groups is 1. The summed E-state index contributed by atoms with van der Waals surface area (Å²) in [7, 11) is 1.80. The summed E-state index contributed by atoms with van der Waals surface area (Å²) in [6, 6.07) is 3.78. The second kappa shape index (κ2) is 8.28. The van der Waals surface area contributed by atoms with Gasteiger partial charge in [0, 0.05) is 37.2 Å². The molecule has 1 aromatic heterocycles. The van der Waals surface area contributed by atoms with Gasteiger partial charge in [0.05, 0.1) is 5.54 Å². The zero-order valence-corrected chi connectivity index (χ0v) is 15.8. The fraction of sp³-hybridized carbons (Fsp3) is 0.550. The first-order valence-electron chi connectivity index (χ1n) is 9.03. The maximum atomic E-state index is 12.7. The van der Waals surface area contributed by atoms with E-state index in [9.17, 15) is 4.79 Å². The van der Waals surface area contributed by atoms with Crippen LogP contribution in [0.25, 0.3) is 5.57 Å². The Kier molecular flexibility index (Phi) is 6.34. The minimum atomic E-state index is -0.169. The van der Waals surface area contributed by atoms with Crippen LogP contribution in [0.1, 0.15) is 58.4 Å². The van der Waals surface area contributed by atoms with Crippen LogP contribution in [-0.2, 0) is 4.79 Å². The first kappa shape index (κ1) is 19.2. The van der Waals surface area contributed by atoms with E-state index >= 15 is 0 Å². The number of pyridine rings is 1. The molecule has 0 atom stereocenters. The van der Waals surface area contributed by atoms with Crippen LogP contribution in [0.5, 0.6) is 0 Å². The van der Waals surface area contributed by atoms with E-state index < -0.39 is 0 Å². The first-order valence-corrected chi connectivity index (χ1v) is 9.03. The van der Waals surface area contributed by atoms with Crippen molar-refractivity contribution in [3.05, 3.63) is 30.1 Å². The topological polar surface area (TPSA) is 71.6 Å². The lowest BCUT2D eigenvalue weighted by atomic mass is 9.88. The van der Waals surface area contributed by atoms with Crippen LogP contribution >= 0.6 is 0 Å². The minimum Gasteiger partial charge on any atom is -0.404 e. The van der Waals surface area contributed by atoms with Crippen molar-refractivity contribution in [2.24, 2.45) is 16.6 Å². The Hall–Kier alpha value is -2.17. The van der Waals surface area contributed by atoms with Crippen molar-refractivity contribution in [3.8, 4) is 0 Å². The third-order valence-corrected chi connectivity index (χ3v) is 4.48. The Morgan fingerprint density at radius 2 is 2.00 bits per heavy atom. The minimum absolute atomic E-state index is 0.121. The SMILES string of the molecule is CN(C(=O)C1CCCCC1)c1cc(/C(C=NC(C)(C)C)=C/N)ccn1. The number of anilines is 1. The van der Waals surface area contributed by atoms with Crippen LogP contribution in [0, 0.1) is 5.92 Å². The summed E-state index contributed by atoms with van der Waals surface area (Å²) < 4.78 is 0. The Labute approximate surface area is 151 Å². The lowest BCUT2D eigenvalue weighted by Crippen LogP contribution is -2.34. The average Bonchev–Trinajstić information content (AvgIpc) is 2.61. The maximum Gasteiger partial charge on any atom is 0.230 e. The van der Waals surface area contributed by atoms with Crippen LogP contribution in [0.2, 0.25) is 0 Å². The summed E-state index contributed by atoms with van der Waals surface area (Å²) in [5.74, 6) is 0.929. The molecule has 1 aliphatic carbocycles. The highest BCUT2D eigenvalue weighted by Gasteiger charge is 2.25. The van der Waals surface area contributed by atoms with Crippen molar-refractivity contribution in [3.63, 3.8) is 0 Å². The highest BCUT2D eigenvalue weighted by atomic mass is 16.2. The van der Waals surface area contributed by atoms with Crippen LogP contribution in [0.15, 0.2) is 29.5 Å². The number of allylic oxidation sites excluding steroid dienone is 1. The van der Waals surface area contributed by atoms with Gasteiger partial charge in [-0.05, 0) is 51.3 Å². The normalized spacial score (nSPS) is 17.0. The lowest BCUT2D eigenvalue weighted by Gasteiger charge is -2.26. The molecule has 0 radical (unpaired) electrons. The van der Waals surface area contributed by atoms with Gasteiger partial charge in [-0.3, -0.25) is 14.7 Å². The van der Waals surface area contributed by atoms with Gasteiger partial charge in [0.1, 0.15) is 5.82 Å². The van der Waals surface area contributed by atoms with Gasteiger partial charge >= 0.3 is 0 Å². The molecule has 1 saturated carbocycles. The van der Waals surface area contributed by atoms with E-state index in [1.165, 1.54) is 12.6 Å². The monoisotopic (exact) mass is 342 g/mol. The molecular formula is C20H30N4O. The smallest absolute Gasteiger partial charge is 0.230 e. The number of rotatable bonds is 4. The first-order chi connectivity index (χ1) is 11.8. The van der Waals surface area contributed by atoms with Gasteiger partial charge in [0.15, 0.2) is 0 Å². The highest BCUT2D eigenvalue weighted by Crippen LogP contribution is 2.27. The third kappa shape index (κ3) is 5.41. The number of nitrogens with two attached hydrogens (primary N) is 1. The van der Waals surface area contributed by atoms with Gasteiger partial charge in [-0.25, -0.2) is 4.98 Å². The van der Waals surface area contributed by atoms with E-state index in [0.29, 0.717) is 5.82 Å². The number of carbonyl (C=O) groups excluding carboxylic acids is 1. The number of hydrogen-bond acceptors (Lipinski definition) is 4. The van der Waals surface area contributed by atoms with E-state index in [1.807, 2.05) is 32.9 Å². The van der Waals surface area contributed by atoms with E-state index in [-0.39, 0.29) is 17.4 Å². The van der Waals surface area contributed by atoms with Crippen molar-refractivity contribution in [1.29, 1.82) is 0 Å². The third-order valence-electron chi connectivity index (χ3n) is 4.48. The summed E-state index contributed by atoms with van der Waals surface area (Å²) >= 11 is 0. The molecule has 0 saturated heterocycles. The quantitative estimate of drug-likeness (QED) is 0.846. The molecule has 1 heterocycles. The number of hydrogen-bond donors (Lipinski definition) is 1. The lowest BCUT2D eigenvalue weighted by molar-refractivity contribution is -0.123.